The lowest BCUT2D eigenvalue weighted by atomic mass is 10.2. The third kappa shape index (κ3) is 5.63. The van der Waals surface area contributed by atoms with Gasteiger partial charge < -0.3 is 9.64 Å². The van der Waals surface area contributed by atoms with Gasteiger partial charge in [-0.25, -0.2) is 8.42 Å². The number of rotatable bonds is 8. The monoisotopic (exact) mass is 384 g/mol. The van der Waals surface area contributed by atoms with E-state index in [1.807, 2.05) is 13.8 Å². The lowest BCUT2D eigenvalue weighted by Crippen LogP contribution is -2.38. The largest absolute Gasteiger partial charge is 0.455 e. The first-order valence-corrected chi connectivity index (χ1v) is 9.39. The van der Waals surface area contributed by atoms with Crippen molar-refractivity contribution in [2.45, 2.75) is 31.7 Å². The van der Waals surface area contributed by atoms with Crippen LogP contribution in [0.5, 0.6) is 0 Å². The fourth-order valence-corrected chi connectivity index (χ4v) is 3.00. The van der Waals surface area contributed by atoms with E-state index >= 15 is 0 Å². The lowest BCUT2D eigenvalue weighted by Gasteiger charge is -2.21. The Kier molecular flexibility index (Phi) is 7.46. The Morgan fingerprint density at radius 2 is 1.62 bits per heavy atom. The molecule has 0 saturated heterocycles. The molecule has 0 aliphatic heterocycles. The molecular weight excluding hydrogens is 360 g/mol. The lowest BCUT2D eigenvalue weighted by molar-refractivity contribution is -0.152. The molecule has 0 aliphatic carbocycles. The smallest absolute Gasteiger partial charge is 0.321 e. The molecule has 0 aliphatic rings. The molecule has 0 saturated carbocycles. The first kappa shape index (κ1) is 21.8. The molecule has 0 atom stereocenters. The van der Waals surface area contributed by atoms with E-state index < -0.39 is 29.1 Å². The topological polar surface area (TPSA) is 101 Å². The maximum atomic E-state index is 12.4. The molecule has 0 heterocycles. The van der Waals surface area contributed by atoms with Crippen LogP contribution in [-0.2, 0) is 24.3 Å². The van der Waals surface area contributed by atoms with E-state index in [1.54, 1.807) is 7.05 Å². The Morgan fingerprint density at radius 3 is 2.08 bits per heavy atom. The average Bonchev–Trinajstić information content (AvgIpc) is 2.58. The summed E-state index contributed by atoms with van der Waals surface area (Å²) < 4.78 is 30.6. The highest BCUT2D eigenvalue weighted by Crippen LogP contribution is 2.15. The molecule has 0 spiro atoms. The summed E-state index contributed by atoms with van der Waals surface area (Å²) >= 11 is 0. The zero-order chi connectivity index (χ0) is 20.1. The molecule has 8 nitrogen and oxygen atoms in total. The summed E-state index contributed by atoms with van der Waals surface area (Å²) in [5, 5.41) is 0. The van der Waals surface area contributed by atoms with E-state index in [1.165, 1.54) is 43.1 Å². The van der Waals surface area contributed by atoms with E-state index in [2.05, 4.69) is 0 Å². The Balaban J connectivity index is 2.70. The molecule has 1 aromatic carbocycles. The number of esters is 1. The second-order valence-electron chi connectivity index (χ2n) is 6.10. The SMILES string of the molecule is CC(=O)c1ccc(S(=O)(=O)N(C)CC(=O)OCC(=O)N(C)C(C)C)cc1. The fraction of sp³-hybridized carbons (Fsp3) is 0.471. The first-order chi connectivity index (χ1) is 12.0. The Hall–Kier alpha value is -2.26. The number of carbonyl (C=O) groups excluding carboxylic acids is 3. The number of sulfonamides is 1. The number of ketones is 1. The van der Waals surface area contributed by atoms with Crippen LogP contribution in [0.15, 0.2) is 29.2 Å². The van der Waals surface area contributed by atoms with Crippen LogP contribution < -0.4 is 0 Å². The van der Waals surface area contributed by atoms with Crippen LogP contribution in [-0.4, -0.2) is 68.6 Å². The third-order valence-electron chi connectivity index (χ3n) is 3.85. The minimum atomic E-state index is -3.92. The number of carbonyl (C=O) groups is 3. The number of hydrogen-bond donors (Lipinski definition) is 0. The van der Waals surface area contributed by atoms with Crippen LogP contribution in [0.3, 0.4) is 0 Å². The molecule has 1 rings (SSSR count). The van der Waals surface area contributed by atoms with E-state index in [0.717, 1.165) is 4.31 Å². The third-order valence-corrected chi connectivity index (χ3v) is 5.66. The number of likely N-dealkylation sites (N-methyl/N-ethyl adjacent to an activating group) is 2. The van der Waals surface area contributed by atoms with Gasteiger partial charge in [0.15, 0.2) is 12.4 Å². The van der Waals surface area contributed by atoms with E-state index in [4.69, 9.17) is 4.74 Å². The number of ether oxygens (including phenoxy) is 1. The second-order valence-corrected chi connectivity index (χ2v) is 8.15. The zero-order valence-electron chi connectivity index (χ0n) is 15.6. The summed E-state index contributed by atoms with van der Waals surface area (Å²) in [7, 11) is -1.10. The van der Waals surface area contributed by atoms with Crippen molar-refractivity contribution in [1.82, 2.24) is 9.21 Å². The van der Waals surface area contributed by atoms with E-state index in [0.29, 0.717) is 5.56 Å². The molecule has 1 amide bonds. The Labute approximate surface area is 153 Å². The fourth-order valence-electron chi connectivity index (χ4n) is 1.89. The first-order valence-electron chi connectivity index (χ1n) is 7.95. The van der Waals surface area contributed by atoms with Gasteiger partial charge in [-0.05, 0) is 32.9 Å². The molecule has 0 fully saturated rings. The predicted molar refractivity (Wildman–Crippen MR) is 95.1 cm³/mol. The molecule has 1 aromatic rings. The highest BCUT2D eigenvalue weighted by molar-refractivity contribution is 7.89. The minimum Gasteiger partial charge on any atom is -0.455 e. The number of hydrogen-bond acceptors (Lipinski definition) is 6. The molecule has 0 unspecified atom stereocenters. The van der Waals surface area contributed by atoms with Gasteiger partial charge in [0.25, 0.3) is 5.91 Å². The highest BCUT2D eigenvalue weighted by Gasteiger charge is 2.24. The average molecular weight is 384 g/mol. The Bertz CT molecular complexity index is 771. The van der Waals surface area contributed by atoms with Crippen LogP contribution in [0.2, 0.25) is 0 Å². The van der Waals surface area contributed by atoms with Crippen LogP contribution in [0.4, 0.5) is 0 Å². The van der Waals surface area contributed by atoms with Crippen molar-refractivity contribution in [3.05, 3.63) is 29.8 Å². The molecular formula is C17H24N2O6S. The van der Waals surface area contributed by atoms with Gasteiger partial charge in [0.1, 0.15) is 6.54 Å². The molecule has 0 N–H and O–H groups in total. The number of benzene rings is 1. The van der Waals surface area contributed by atoms with Gasteiger partial charge in [-0.1, -0.05) is 12.1 Å². The molecule has 9 heteroatoms. The normalized spacial score (nSPS) is 11.5. The van der Waals surface area contributed by atoms with Crippen molar-refractivity contribution in [3.8, 4) is 0 Å². The summed E-state index contributed by atoms with van der Waals surface area (Å²) in [4.78, 5) is 36.2. The van der Waals surface area contributed by atoms with Gasteiger partial charge in [-0.3, -0.25) is 14.4 Å². The quantitative estimate of drug-likeness (QED) is 0.488. The standard InChI is InChI=1S/C17H24N2O6S/c1-12(2)19(5)16(21)11-25-17(22)10-18(4)26(23,24)15-8-6-14(7-9-15)13(3)20/h6-9,12H,10-11H2,1-5H3. The molecule has 0 aromatic heterocycles. The summed E-state index contributed by atoms with van der Waals surface area (Å²) in [6.07, 6.45) is 0. The van der Waals surface area contributed by atoms with Crippen LogP contribution >= 0.6 is 0 Å². The summed E-state index contributed by atoms with van der Waals surface area (Å²) in [6.45, 7) is 4.03. The van der Waals surface area contributed by atoms with E-state index in [-0.39, 0.29) is 22.6 Å². The maximum Gasteiger partial charge on any atom is 0.321 e. The van der Waals surface area contributed by atoms with Crippen LogP contribution in [0, 0.1) is 0 Å². The van der Waals surface area contributed by atoms with Gasteiger partial charge >= 0.3 is 5.97 Å². The molecule has 0 bridgehead atoms. The Morgan fingerprint density at radius 1 is 1.08 bits per heavy atom. The van der Waals surface area contributed by atoms with Crippen molar-refractivity contribution in [3.63, 3.8) is 0 Å². The van der Waals surface area contributed by atoms with E-state index in [9.17, 15) is 22.8 Å². The summed E-state index contributed by atoms with van der Waals surface area (Å²) in [5.74, 6) is -1.39. The number of amides is 1. The summed E-state index contributed by atoms with van der Waals surface area (Å²) in [5.41, 5.74) is 0.388. The van der Waals surface area contributed by atoms with Crippen molar-refractivity contribution in [2.24, 2.45) is 0 Å². The minimum absolute atomic E-state index is 0.0396. The van der Waals surface area contributed by atoms with Gasteiger partial charge in [-0.15, -0.1) is 0 Å². The second kappa shape index (κ2) is 8.91. The van der Waals surface area contributed by atoms with Crippen molar-refractivity contribution < 1.29 is 27.5 Å². The van der Waals surface area contributed by atoms with Crippen molar-refractivity contribution in [1.29, 1.82) is 0 Å². The molecule has 26 heavy (non-hydrogen) atoms. The van der Waals surface area contributed by atoms with Crippen LogP contribution in [0.1, 0.15) is 31.1 Å². The van der Waals surface area contributed by atoms with Gasteiger partial charge in [-0.2, -0.15) is 4.31 Å². The number of Topliss-reactive ketones (excluding diaryl/α,β-unsaturated/α-hetero) is 1. The van der Waals surface area contributed by atoms with Gasteiger partial charge in [0.05, 0.1) is 4.90 Å². The molecule has 0 radical (unpaired) electrons. The van der Waals surface area contributed by atoms with Gasteiger partial charge in [0, 0.05) is 25.7 Å². The zero-order valence-corrected chi connectivity index (χ0v) is 16.4. The highest BCUT2D eigenvalue weighted by atomic mass is 32.2. The molecule has 144 valence electrons. The maximum absolute atomic E-state index is 12.4. The summed E-state index contributed by atoms with van der Waals surface area (Å²) in [6, 6.07) is 5.37. The van der Waals surface area contributed by atoms with Gasteiger partial charge in [0.2, 0.25) is 10.0 Å². The van der Waals surface area contributed by atoms with Crippen LogP contribution in [0.25, 0.3) is 0 Å². The predicted octanol–water partition coefficient (Wildman–Crippen LogP) is 0.920. The van der Waals surface area contributed by atoms with Crippen molar-refractivity contribution >= 4 is 27.7 Å². The number of nitrogens with zero attached hydrogens (tertiary/aromatic N) is 2. The van der Waals surface area contributed by atoms with Crippen molar-refractivity contribution in [2.75, 3.05) is 27.2 Å².